The van der Waals surface area contributed by atoms with Gasteiger partial charge in [0.2, 0.25) is 11.8 Å². The van der Waals surface area contributed by atoms with E-state index in [0.717, 1.165) is 84.4 Å². The fourth-order valence-electron chi connectivity index (χ4n) is 8.35. The molecule has 4 aromatic heterocycles. The third kappa shape index (κ3) is 7.00. The molecule has 58 heavy (non-hydrogen) atoms. The summed E-state index contributed by atoms with van der Waals surface area (Å²) < 4.78 is 13.1. The fraction of sp³-hybridized carbons (Fsp3) is 0.311. The van der Waals surface area contributed by atoms with Crippen LogP contribution in [0, 0.1) is 18.8 Å². The summed E-state index contributed by atoms with van der Waals surface area (Å²) in [6.07, 6.45) is 9.32. The Bertz CT molecular complexity index is 2750. The summed E-state index contributed by atoms with van der Waals surface area (Å²) in [7, 11) is 1.85. The van der Waals surface area contributed by atoms with Crippen molar-refractivity contribution in [2.24, 2.45) is 7.05 Å². The van der Waals surface area contributed by atoms with Gasteiger partial charge in [-0.05, 0) is 99.0 Å². The number of carbonyl (C=O) groups excluding carboxylic acids is 3. The standard InChI is InChI=1S/C45H41N7O6/c1-26-19-33-37(51(2)45(26)56)21-30(28-13-17-57-18-14-28)22-38(33)52-16-4-6-35-39(52)24-48-42(49-35)29-8-10-36(47-23-29)44(55)46-15-3-5-27-7-11-40-32(20-27)34(25-58-40)31-9-12-41(53)50-43(31)54/h7-8,10-11,19-25,28,31H,4,6,9,12-18H2,1-2H3,(H,46,55)(H,50,53,54)/t31-/m1/s1. The second-order valence-corrected chi connectivity index (χ2v) is 15.2. The van der Waals surface area contributed by atoms with Crippen LogP contribution in [0.5, 0.6) is 0 Å². The first-order valence-corrected chi connectivity index (χ1v) is 19.7. The van der Waals surface area contributed by atoms with Gasteiger partial charge in [0.15, 0.2) is 5.82 Å². The van der Waals surface area contributed by atoms with Crippen LogP contribution in [-0.4, -0.2) is 63.5 Å². The molecule has 9 rings (SSSR count). The number of carbonyl (C=O) groups is 3. The Morgan fingerprint density at radius 1 is 0.966 bits per heavy atom. The van der Waals surface area contributed by atoms with Gasteiger partial charge in [0.1, 0.15) is 11.3 Å². The number of nitrogens with one attached hydrogen (secondary N) is 2. The van der Waals surface area contributed by atoms with Crippen LogP contribution in [0.4, 0.5) is 11.4 Å². The summed E-state index contributed by atoms with van der Waals surface area (Å²) in [6.45, 7) is 4.22. The number of hydrogen-bond donors (Lipinski definition) is 2. The fourth-order valence-corrected chi connectivity index (χ4v) is 8.35. The summed E-state index contributed by atoms with van der Waals surface area (Å²) in [4.78, 5) is 66.6. The molecule has 3 aliphatic rings. The summed E-state index contributed by atoms with van der Waals surface area (Å²) >= 11 is 0. The lowest BCUT2D eigenvalue weighted by atomic mass is 9.89. The van der Waals surface area contributed by atoms with Gasteiger partial charge in [-0.1, -0.05) is 11.8 Å². The zero-order valence-electron chi connectivity index (χ0n) is 32.3. The van der Waals surface area contributed by atoms with Crippen molar-refractivity contribution in [1.82, 2.24) is 30.2 Å². The minimum absolute atomic E-state index is 0.00443. The van der Waals surface area contributed by atoms with Crippen LogP contribution in [0.25, 0.3) is 33.3 Å². The summed E-state index contributed by atoms with van der Waals surface area (Å²) in [5, 5.41) is 6.99. The summed E-state index contributed by atoms with van der Waals surface area (Å²) in [6, 6.07) is 15.4. The van der Waals surface area contributed by atoms with Crippen molar-refractivity contribution in [3.05, 3.63) is 111 Å². The van der Waals surface area contributed by atoms with Crippen molar-refractivity contribution >= 4 is 51.0 Å². The smallest absolute Gasteiger partial charge is 0.270 e. The molecular weight excluding hydrogens is 735 g/mol. The van der Waals surface area contributed by atoms with Gasteiger partial charge in [0.05, 0.1) is 47.5 Å². The molecule has 2 N–H and O–H groups in total. The maximum atomic E-state index is 13.0. The molecule has 7 heterocycles. The van der Waals surface area contributed by atoms with E-state index in [9.17, 15) is 19.2 Å². The number of furan rings is 1. The Kier molecular flexibility index (Phi) is 9.79. The molecule has 2 aromatic carbocycles. The Morgan fingerprint density at radius 3 is 2.64 bits per heavy atom. The maximum Gasteiger partial charge on any atom is 0.270 e. The van der Waals surface area contributed by atoms with Crippen molar-refractivity contribution in [2.45, 2.75) is 57.3 Å². The van der Waals surface area contributed by atoms with Crippen LogP contribution in [0.15, 0.2) is 76.4 Å². The second-order valence-electron chi connectivity index (χ2n) is 15.2. The minimum Gasteiger partial charge on any atom is -0.464 e. The predicted molar refractivity (Wildman–Crippen MR) is 218 cm³/mol. The quantitative estimate of drug-likeness (QED) is 0.158. The number of rotatable bonds is 6. The number of aromatic nitrogens is 4. The zero-order valence-corrected chi connectivity index (χ0v) is 32.3. The lowest BCUT2D eigenvalue weighted by Crippen LogP contribution is -2.39. The molecule has 13 heteroatoms. The van der Waals surface area contributed by atoms with Crippen molar-refractivity contribution in [2.75, 3.05) is 31.2 Å². The highest BCUT2D eigenvalue weighted by atomic mass is 16.5. The third-order valence-corrected chi connectivity index (χ3v) is 11.5. The lowest BCUT2D eigenvalue weighted by Gasteiger charge is -2.33. The number of benzene rings is 2. The van der Waals surface area contributed by atoms with E-state index in [-0.39, 0.29) is 41.9 Å². The highest BCUT2D eigenvalue weighted by Crippen LogP contribution is 2.40. The molecular formula is C45H41N7O6. The molecule has 3 aliphatic heterocycles. The van der Waals surface area contributed by atoms with E-state index in [2.05, 4.69) is 44.5 Å². The van der Waals surface area contributed by atoms with Crippen molar-refractivity contribution in [3.63, 3.8) is 0 Å². The molecule has 3 amide bonds. The first-order chi connectivity index (χ1) is 28.2. The number of fused-ring (bicyclic) bond motifs is 3. The topological polar surface area (TPSA) is 162 Å². The maximum absolute atomic E-state index is 13.0. The summed E-state index contributed by atoms with van der Waals surface area (Å²) in [5.74, 6) is 5.50. The molecule has 13 nitrogen and oxygen atoms in total. The van der Waals surface area contributed by atoms with Crippen LogP contribution in [0.1, 0.15) is 82.4 Å². The number of ether oxygens (including phenoxy) is 1. The summed E-state index contributed by atoms with van der Waals surface area (Å²) in [5.41, 5.74) is 8.74. The van der Waals surface area contributed by atoms with E-state index < -0.39 is 5.92 Å². The van der Waals surface area contributed by atoms with Gasteiger partial charge in [-0.15, -0.1) is 0 Å². The van der Waals surface area contributed by atoms with E-state index in [4.69, 9.17) is 19.1 Å². The van der Waals surface area contributed by atoms with Gasteiger partial charge >= 0.3 is 0 Å². The van der Waals surface area contributed by atoms with E-state index in [1.54, 1.807) is 35.2 Å². The van der Waals surface area contributed by atoms with Crippen molar-refractivity contribution in [3.8, 4) is 23.2 Å². The largest absolute Gasteiger partial charge is 0.464 e. The number of piperidine rings is 1. The van der Waals surface area contributed by atoms with Gasteiger partial charge in [0, 0.05) is 72.5 Å². The highest BCUT2D eigenvalue weighted by molar-refractivity contribution is 6.03. The molecule has 0 unspecified atom stereocenters. The molecule has 0 bridgehead atoms. The number of pyridine rings is 2. The zero-order chi connectivity index (χ0) is 39.9. The Balaban J connectivity index is 0.900. The van der Waals surface area contributed by atoms with E-state index in [1.165, 1.54) is 5.56 Å². The molecule has 0 spiro atoms. The Labute approximate surface area is 333 Å². The average Bonchev–Trinajstić information content (AvgIpc) is 3.67. The Morgan fingerprint density at radius 2 is 1.83 bits per heavy atom. The molecule has 0 saturated carbocycles. The molecule has 2 fully saturated rings. The van der Waals surface area contributed by atoms with E-state index in [0.29, 0.717) is 40.4 Å². The number of anilines is 2. The van der Waals surface area contributed by atoms with Crippen LogP contribution >= 0.6 is 0 Å². The van der Waals surface area contributed by atoms with Crippen LogP contribution < -0.4 is 21.1 Å². The van der Waals surface area contributed by atoms with Crippen LogP contribution in [-0.2, 0) is 27.8 Å². The van der Waals surface area contributed by atoms with E-state index >= 15 is 0 Å². The third-order valence-electron chi connectivity index (χ3n) is 11.5. The number of nitrogens with zero attached hydrogens (tertiary/aromatic N) is 5. The molecule has 1 atom stereocenters. The monoisotopic (exact) mass is 775 g/mol. The molecule has 2 saturated heterocycles. The first kappa shape index (κ1) is 37.0. The Hall–Kier alpha value is -6.65. The highest BCUT2D eigenvalue weighted by Gasteiger charge is 2.31. The van der Waals surface area contributed by atoms with Gasteiger partial charge < -0.3 is 23.9 Å². The molecule has 292 valence electrons. The minimum atomic E-state index is -0.467. The normalized spacial score (nSPS) is 17.1. The molecule has 0 radical (unpaired) electrons. The van der Waals surface area contributed by atoms with Gasteiger partial charge in [0.25, 0.3) is 11.5 Å². The molecule has 6 aromatic rings. The van der Waals surface area contributed by atoms with Crippen molar-refractivity contribution < 1.29 is 23.5 Å². The SMILES string of the molecule is Cc1cc2c(N3CCCc4nc(-c5ccc(C(=O)NCC#Cc6ccc7occ([C@H]8CCC(=O)NC8=O)c7c6)nc5)ncc43)cc(C3CCOCC3)cc2n(C)c1=O. The number of hydrogen-bond acceptors (Lipinski definition) is 10. The second kappa shape index (κ2) is 15.4. The number of imide groups is 1. The van der Waals surface area contributed by atoms with Crippen LogP contribution in [0.2, 0.25) is 0 Å². The van der Waals surface area contributed by atoms with E-state index in [1.807, 2.05) is 38.4 Å². The lowest BCUT2D eigenvalue weighted by molar-refractivity contribution is -0.134. The number of amides is 3. The first-order valence-electron chi connectivity index (χ1n) is 19.7. The number of aryl methyl sites for hydroxylation is 3. The average molecular weight is 776 g/mol. The van der Waals surface area contributed by atoms with Crippen LogP contribution in [0.3, 0.4) is 0 Å². The van der Waals surface area contributed by atoms with Gasteiger partial charge in [-0.25, -0.2) is 9.97 Å². The van der Waals surface area contributed by atoms with Gasteiger partial charge in [-0.2, -0.15) is 0 Å². The van der Waals surface area contributed by atoms with Crippen molar-refractivity contribution in [1.29, 1.82) is 0 Å². The predicted octanol–water partition coefficient (Wildman–Crippen LogP) is 5.73. The van der Waals surface area contributed by atoms with Gasteiger partial charge in [-0.3, -0.25) is 29.5 Å². The molecule has 0 aliphatic carbocycles.